The van der Waals surface area contributed by atoms with Crippen LogP contribution in [0.15, 0.2) is 53.0 Å². The minimum absolute atomic E-state index is 0.0365. The Morgan fingerprint density at radius 2 is 1.85 bits per heavy atom. The lowest BCUT2D eigenvalue weighted by molar-refractivity contribution is -0.116. The quantitative estimate of drug-likeness (QED) is 0.745. The molecule has 1 N–H and O–H groups in total. The molecule has 1 fully saturated rings. The number of methoxy groups -OCH3 is 1. The molecule has 0 aromatic heterocycles. The zero-order chi connectivity index (χ0) is 18.4. The van der Waals surface area contributed by atoms with Crippen molar-refractivity contribution in [1.82, 2.24) is 0 Å². The van der Waals surface area contributed by atoms with Gasteiger partial charge in [0.25, 0.3) is 0 Å². The highest BCUT2D eigenvalue weighted by Gasteiger charge is 2.18. The summed E-state index contributed by atoms with van der Waals surface area (Å²) in [5.74, 6) is 0.0365. The van der Waals surface area contributed by atoms with Crippen LogP contribution in [0.25, 0.3) is 0 Å². The predicted octanol–water partition coefficient (Wildman–Crippen LogP) is 4.64. The van der Waals surface area contributed by atoms with E-state index in [0.717, 1.165) is 48.1 Å². The Morgan fingerprint density at radius 3 is 2.50 bits per heavy atom. The van der Waals surface area contributed by atoms with E-state index < -0.39 is 0 Å². The van der Waals surface area contributed by atoms with E-state index in [0.29, 0.717) is 12.5 Å². The SMILES string of the molecule is COC1CCN(c2ccc(NC(=O)CCc3ccccc3Br)cc2)CC1. The van der Waals surface area contributed by atoms with E-state index in [-0.39, 0.29) is 5.91 Å². The molecule has 0 aliphatic carbocycles. The maximum Gasteiger partial charge on any atom is 0.224 e. The second-order valence-electron chi connectivity index (χ2n) is 6.61. The molecule has 26 heavy (non-hydrogen) atoms. The van der Waals surface area contributed by atoms with Gasteiger partial charge in [0.1, 0.15) is 0 Å². The summed E-state index contributed by atoms with van der Waals surface area (Å²) in [5, 5.41) is 2.99. The molecule has 1 aliphatic rings. The molecule has 1 aliphatic heterocycles. The van der Waals surface area contributed by atoms with Crippen LogP contribution >= 0.6 is 15.9 Å². The lowest BCUT2D eigenvalue weighted by atomic mass is 10.1. The second kappa shape index (κ2) is 9.19. The maximum atomic E-state index is 12.2. The number of aryl methyl sites for hydroxylation is 1. The zero-order valence-electron chi connectivity index (χ0n) is 15.1. The molecule has 1 saturated heterocycles. The highest BCUT2D eigenvalue weighted by atomic mass is 79.9. The minimum atomic E-state index is 0.0365. The second-order valence-corrected chi connectivity index (χ2v) is 7.46. The molecule has 5 heteroatoms. The standard InChI is InChI=1S/C21H25BrN2O2/c1-26-19-12-14-24(15-13-19)18-9-7-17(8-10-18)23-21(25)11-6-16-4-2-3-5-20(16)22/h2-5,7-10,19H,6,11-15H2,1H3,(H,23,25). The van der Waals surface area contributed by atoms with Crippen LogP contribution in [0, 0.1) is 0 Å². The molecule has 2 aromatic rings. The molecule has 0 saturated carbocycles. The molecule has 4 nitrogen and oxygen atoms in total. The van der Waals surface area contributed by atoms with Crippen LogP contribution in [0.2, 0.25) is 0 Å². The molecule has 0 bridgehead atoms. The van der Waals surface area contributed by atoms with Gasteiger partial charge >= 0.3 is 0 Å². The Balaban J connectivity index is 1.49. The number of amides is 1. The highest BCUT2D eigenvalue weighted by Crippen LogP contribution is 2.23. The predicted molar refractivity (Wildman–Crippen MR) is 110 cm³/mol. The van der Waals surface area contributed by atoms with Gasteiger partial charge in [0.2, 0.25) is 5.91 Å². The van der Waals surface area contributed by atoms with Crippen LogP contribution in [-0.2, 0) is 16.0 Å². The Kier molecular flexibility index (Phi) is 6.69. The number of ether oxygens (including phenoxy) is 1. The number of nitrogens with zero attached hydrogens (tertiary/aromatic N) is 1. The summed E-state index contributed by atoms with van der Waals surface area (Å²) in [7, 11) is 1.79. The Morgan fingerprint density at radius 1 is 1.15 bits per heavy atom. The van der Waals surface area contributed by atoms with Gasteiger partial charge in [0, 0.05) is 42.5 Å². The first kappa shape index (κ1) is 18.9. The van der Waals surface area contributed by atoms with Crippen molar-refractivity contribution in [3.8, 4) is 0 Å². The van der Waals surface area contributed by atoms with E-state index in [1.807, 2.05) is 36.4 Å². The summed E-state index contributed by atoms with van der Waals surface area (Å²) in [6, 6.07) is 16.1. The van der Waals surface area contributed by atoms with Gasteiger partial charge in [-0.05, 0) is 55.2 Å². The van der Waals surface area contributed by atoms with Crippen molar-refractivity contribution in [2.24, 2.45) is 0 Å². The van der Waals surface area contributed by atoms with Crippen molar-refractivity contribution < 1.29 is 9.53 Å². The largest absolute Gasteiger partial charge is 0.381 e. The number of nitrogens with one attached hydrogen (secondary N) is 1. The first-order valence-electron chi connectivity index (χ1n) is 9.07. The van der Waals surface area contributed by atoms with Crippen molar-refractivity contribution in [2.45, 2.75) is 31.8 Å². The summed E-state index contributed by atoms with van der Waals surface area (Å²) in [6.07, 6.45) is 3.69. The van der Waals surface area contributed by atoms with Crippen LogP contribution < -0.4 is 10.2 Å². The fourth-order valence-corrected chi connectivity index (χ4v) is 3.76. The Bertz CT molecular complexity index is 725. The smallest absolute Gasteiger partial charge is 0.224 e. The van der Waals surface area contributed by atoms with Crippen molar-refractivity contribution in [3.63, 3.8) is 0 Å². The van der Waals surface area contributed by atoms with Crippen molar-refractivity contribution in [3.05, 3.63) is 58.6 Å². The van der Waals surface area contributed by atoms with Gasteiger partial charge in [-0.2, -0.15) is 0 Å². The molecule has 1 heterocycles. The summed E-state index contributed by atoms with van der Waals surface area (Å²) < 4.78 is 6.47. The summed E-state index contributed by atoms with van der Waals surface area (Å²) in [6.45, 7) is 2.02. The maximum absolute atomic E-state index is 12.2. The van der Waals surface area contributed by atoms with Gasteiger partial charge in [0.15, 0.2) is 0 Å². The monoisotopic (exact) mass is 416 g/mol. The number of carbonyl (C=O) groups excluding carboxylic acids is 1. The molecule has 2 aromatic carbocycles. The number of benzene rings is 2. The van der Waals surface area contributed by atoms with Gasteiger partial charge < -0.3 is 15.0 Å². The Hall–Kier alpha value is -1.85. The van der Waals surface area contributed by atoms with Gasteiger partial charge in [-0.1, -0.05) is 34.1 Å². The van der Waals surface area contributed by atoms with Crippen LogP contribution in [0.5, 0.6) is 0 Å². The molecular formula is C21H25BrN2O2. The summed E-state index contributed by atoms with van der Waals surface area (Å²) >= 11 is 3.52. The average Bonchev–Trinajstić information content (AvgIpc) is 2.68. The van der Waals surface area contributed by atoms with Crippen LogP contribution in [0.4, 0.5) is 11.4 Å². The normalized spacial score (nSPS) is 15.1. The van der Waals surface area contributed by atoms with E-state index in [1.54, 1.807) is 7.11 Å². The molecule has 3 rings (SSSR count). The number of piperidine rings is 1. The van der Waals surface area contributed by atoms with E-state index in [9.17, 15) is 4.79 Å². The molecule has 0 unspecified atom stereocenters. The van der Waals surface area contributed by atoms with Gasteiger partial charge in [0.05, 0.1) is 6.10 Å². The molecular weight excluding hydrogens is 392 g/mol. The molecule has 0 atom stereocenters. The van der Waals surface area contributed by atoms with E-state index in [4.69, 9.17) is 4.74 Å². The first-order valence-corrected chi connectivity index (χ1v) is 9.86. The van der Waals surface area contributed by atoms with Crippen molar-refractivity contribution in [1.29, 1.82) is 0 Å². The average molecular weight is 417 g/mol. The highest BCUT2D eigenvalue weighted by molar-refractivity contribution is 9.10. The molecule has 0 spiro atoms. The van der Waals surface area contributed by atoms with Gasteiger partial charge in [-0.25, -0.2) is 0 Å². The first-order chi connectivity index (χ1) is 12.7. The number of halogens is 1. The van der Waals surface area contributed by atoms with Crippen molar-refractivity contribution >= 4 is 33.2 Å². The third kappa shape index (κ3) is 5.08. The van der Waals surface area contributed by atoms with Gasteiger partial charge in [-0.15, -0.1) is 0 Å². The lowest BCUT2D eigenvalue weighted by Crippen LogP contribution is -2.36. The van der Waals surface area contributed by atoms with E-state index in [1.165, 1.54) is 5.69 Å². The van der Waals surface area contributed by atoms with Crippen LogP contribution in [0.3, 0.4) is 0 Å². The summed E-state index contributed by atoms with van der Waals surface area (Å²) in [5.41, 5.74) is 3.20. The fourth-order valence-electron chi connectivity index (χ4n) is 3.28. The molecule has 1 amide bonds. The third-order valence-electron chi connectivity index (χ3n) is 4.87. The van der Waals surface area contributed by atoms with Crippen molar-refractivity contribution in [2.75, 3.05) is 30.4 Å². The Labute approximate surface area is 163 Å². The summed E-state index contributed by atoms with van der Waals surface area (Å²) in [4.78, 5) is 14.6. The number of carbonyl (C=O) groups is 1. The van der Waals surface area contributed by atoms with E-state index >= 15 is 0 Å². The minimum Gasteiger partial charge on any atom is -0.381 e. The van der Waals surface area contributed by atoms with E-state index in [2.05, 4.69) is 38.3 Å². The van der Waals surface area contributed by atoms with Crippen LogP contribution in [-0.4, -0.2) is 32.2 Å². The van der Waals surface area contributed by atoms with Gasteiger partial charge in [-0.3, -0.25) is 4.79 Å². The lowest BCUT2D eigenvalue weighted by Gasteiger charge is -2.33. The fraction of sp³-hybridized carbons (Fsp3) is 0.381. The molecule has 138 valence electrons. The molecule has 0 radical (unpaired) electrons. The number of rotatable bonds is 6. The van der Waals surface area contributed by atoms with Crippen LogP contribution in [0.1, 0.15) is 24.8 Å². The number of hydrogen-bond acceptors (Lipinski definition) is 3. The number of hydrogen-bond donors (Lipinski definition) is 1. The third-order valence-corrected chi connectivity index (χ3v) is 5.64. The topological polar surface area (TPSA) is 41.6 Å². The number of anilines is 2. The zero-order valence-corrected chi connectivity index (χ0v) is 16.7.